The van der Waals surface area contributed by atoms with Crippen molar-refractivity contribution in [2.24, 2.45) is 5.73 Å². The van der Waals surface area contributed by atoms with Crippen LogP contribution in [0.4, 0.5) is 10.1 Å². The van der Waals surface area contributed by atoms with Gasteiger partial charge in [0.05, 0.1) is 5.69 Å². The highest BCUT2D eigenvalue weighted by Crippen LogP contribution is 2.16. The lowest BCUT2D eigenvalue weighted by molar-refractivity contribution is 0.627. The molecule has 1 aromatic carbocycles. The molecule has 0 spiro atoms. The van der Waals surface area contributed by atoms with Gasteiger partial charge in [-0.15, -0.1) is 0 Å². The minimum absolute atomic E-state index is 0.212. The van der Waals surface area contributed by atoms with Gasteiger partial charge in [-0.2, -0.15) is 0 Å². The molecule has 0 amide bonds. The lowest BCUT2D eigenvalue weighted by atomic mass is 10.2. The van der Waals surface area contributed by atoms with Crippen molar-refractivity contribution in [1.29, 1.82) is 0 Å². The van der Waals surface area contributed by atoms with E-state index in [1.165, 1.54) is 12.1 Å². The van der Waals surface area contributed by atoms with Crippen molar-refractivity contribution < 1.29 is 4.39 Å². The summed E-state index contributed by atoms with van der Waals surface area (Å²) < 4.78 is 12.8. The number of halogens is 1. The minimum atomic E-state index is -0.212. The second-order valence-corrected chi connectivity index (χ2v) is 4.19. The number of anilines is 1. The molecule has 2 N–H and O–H groups in total. The number of pyridine rings is 1. The van der Waals surface area contributed by atoms with Crippen molar-refractivity contribution in [3.05, 3.63) is 59.7 Å². The summed E-state index contributed by atoms with van der Waals surface area (Å²) >= 11 is 0. The Hall–Kier alpha value is -1.94. The van der Waals surface area contributed by atoms with Crippen LogP contribution in [0.1, 0.15) is 11.3 Å². The Morgan fingerprint density at radius 1 is 1.22 bits per heavy atom. The molecular formula is C14H16FN3. The first kappa shape index (κ1) is 12.5. The van der Waals surface area contributed by atoms with E-state index in [4.69, 9.17) is 5.73 Å². The molecule has 0 bridgehead atoms. The molecule has 0 saturated heterocycles. The zero-order valence-electron chi connectivity index (χ0n) is 10.3. The van der Waals surface area contributed by atoms with Crippen LogP contribution in [-0.4, -0.2) is 12.0 Å². The highest BCUT2D eigenvalue weighted by molar-refractivity contribution is 5.46. The maximum atomic E-state index is 12.8. The van der Waals surface area contributed by atoms with E-state index in [-0.39, 0.29) is 5.82 Å². The Morgan fingerprint density at radius 2 is 1.94 bits per heavy atom. The number of benzene rings is 1. The fourth-order valence-corrected chi connectivity index (χ4v) is 1.77. The van der Waals surface area contributed by atoms with Crippen molar-refractivity contribution in [1.82, 2.24) is 4.98 Å². The van der Waals surface area contributed by atoms with Gasteiger partial charge in [-0.1, -0.05) is 12.1 Å². The SMILES string of the molecule is CN(Cc1ccc(F)cc1)c1ccnc(CN)c1. The number of hydrogen-bond donors (Lipinski definition) is 1. The van der Waals surface area contributed by atoms with Gasteiger partial charge in [0.2, 0.25) is 0 Å². The number of aromatic nitrogens is 1. The molecule has 3 nitrogen and oxygen atoms in total. The smallest absolute Gasteiger partial charge is 0.123 e. The predicted molar refractivity (Wildman–Crippen MR) is 70.6 cm³/mol. The molecule has 0 unspecified atom stereocenters. The molecule has 2 rings (SSSR count). The predicted octanol–water partition coefficient (Wildman–Crippen LogP) is 2.32. The molecule has 1 heterocycles. The molecule has 94 valence electrons. The van der Waals surface area contributed by atoms with Gasteiger partial charge in [-0.3, -0.25) is 4.98 Å². The van der Waals surface area contributed by atoms with Gasteiger partial charge in [-0.25, -0.2) is 4.39 Å². The molecule has 0 radical (unpaired) electrons. The largest absolute Gasteiger partial charge is 0.370 e. The topological polar surface area (TPSA) is 42.2 Å². The molecule has 0 aliphatic carbocycles. The highest BCUT2D eigenvalue weighted by Gasteiger charge is 2.03. The molecule has 0 aliphatic heterocycles. The molecule has 0 aliphatic rings. The first-order chi connectivity index (χ1) is 8.69. The summed E-state index contributed by atoms with van der Waals surface area (Å²) in [6.07, 6.45) is 1.75. The Labute approximate surface area is 106 Å². The van der Waals surface area contributed by atoms with Crippen LogP contribution in [0.2, 0.25) is 0 Å². The van der Waals surface area contributed by atoms with Gasteiger partial charge in [0, 0.05) is 32.0 Å². The van der Waals surface area contributed by atoms with Crippen molar-refractivity contribution in [3.8, 4) is 0 Å². The van der Waals surface area contributed by atoms with Crippen LogP contribution in [-0.2, 0) is 13.1 Å². The van der Waals surface area contributed by atoms with Gasteiger partial charge >= 0.3 is 0 Å². The Kier molecular flexibility index (Phi) is 3.89. The third-order valence-corrected chi connectivity index (χ3v) is 2.78. The monoisotopic (exact) mass is 245 g/mol. The Morgan fingerprint density at radius 3 is 2.61 bits per heavy atom. The van der Waals surface area contributed by atoms with Crippen molar-refractivity contribution in [3.63, 3.8) is 0 Å². The molecule has 2 aromatic rings. The van der Waals surface area contributed by atoms with E-state index in [1.807, 2.05) is 19.2 Å². The van der Waals surface area contributed by atoms with E-state index in [1.54, 1.807) is 18.3 Å². The summed E-state index contributed by atoms with van der Waals surface area (Å²) in [5.41, 5.74) is 8.54. The third kappa shape index (κ3) is 3.05. The zero-order chi connectivity index (χ0) is 13.0. The summed E-state index contributed by atoms with van der Waals surface area (Å²) in [5, 5.41) is 0. The van der Waals surface area contributed by atoms with E-state index >= 15 is 0 Å². The zero-order valence-corrected chi connectivity index (χ0v) is 10.3. The van der Waals surface area contributed by atoms with Crippen LogP contribution in [0.15, 0.2) is 42.6 Å². The second kappa shape index (κ2) is 5.60. The maximum Gasteiger partial charge on any atom is 0.123 e. The summed E-state index contributed by atoms with van der Waals surface area (Å²) in [4.78, 5) is 6.24. The average Bonchev–Trinajstić information content (AvgIpc) is 2.41. The quantitative estimate of drug-likeness (QED) is 0.898. The normalized spacial score (nSPS) is 10.4. The summed E-state index contributed by atoms with van der Waals surface area (Å²) in [6.45, 7) is 1.15. The fraction of sp³-hybridized carbons (Fsp3) is 0.214. The standard InChI is InChI=1S/C14H16FN3/c1-18(10-11-2-4-12(15)5-3-11)14-6-7-17-13(8-14)9-16/h2-8H,9-10,16H2,1H3. The van der Waals surface area contributed by atoms with E-state index in [9.17, 15) is 4.39 Å². The van der Waals surface area contributed by atoms with Crippen molar-refractivity contribution >= 4 is 5.69 Å². The molecule has 0 saturated carbocycles. The van der Waals surface area contributed by atoms with Gasteiger partial charge in [-0.05, 0) is 29.8 Å². The number of nitrogens with two attached hydrogens (primary N) is 1. The lowest BCUT2D eigenvalue weighted by Gasteiger charge is -2.19. The van der Waals surface area contributed by atoms with E-state index in [0.717, 1.165) is 16.9 Å². The summed E-state index contributed by atoms with van der Waals surface area (Å²) in [7, 11) is 1.99. The first-order valence-electron chi connectivity index (χ1n) is 5.79. The van der Waals surface area contributed by atoms with E-state index < -0.39 is 0 Å². The molecule has 18 heavy (non-hydrogen) atoms. The van der Waals surface area contributed by atoms with Crippen molar-refractivity contribution in [2.45, 2.75) is 13.1 Å². The van der Waals surface area contributed by atoms with Crippen LogP contribution in [0, 0.1) is 5.82 Å². The average molecular weight is 245 g/mol. The Bertz CT molecular complexity index is 511. The van der Waals surface area contributed by atoms with Crippen LogP contribution < -0.4 is 10.6 Å². The second-order valence-electron chi connectivity index (χ2n) is 4.19. The number of nitrogens with zero attached hydrogens (tertiary/aromatic N) is 2. The van der Waals surface area contributed by atoms with Gasteiger partial charge < -0.3 is 10.6 Å². The molecule has 0 fully saturated rings. The lowest BCUT2D eigenvalue weighted by Crippen LogP contribution is -2.17. The van der Waals surface area contributed by atoms with E-state index in [2.05, 4.69) is 9.88 Å². The van der Waals surface area contributed by atoms with Crippen LogP contribution in [0.25, 0.3) is 0 Å². The first-order valence-corrected chi connectivity index (χ1v) is 5.79. The number of hydrogen-bond acceptors (Lipinski definition) is 3. The van der Waals surface area contributed by atoms with Crippen LogP contribution in [0.3, 0.4) is 0 Å². The van der Waals surface area contributed by atoms with E-state index in [0.29, 0.717) is 13.1 Å². The van der Waals surface area contributed by atoms with Crippen LogP contribution in [0.5, 0.6) is 0 Å². The summed E-state index contributed by atoms with van der Waals surface area (Å²) in [5.74, 6) is -0.212. The molecule has 4 heteroatoms. The maximum absolute atomic E-state index is 12.8. The summed E-state index contributed by atoms with van der Waals surface area (Å²) in [6, 6.07) is 10.4. The third-order valence-electron chi connectivity index (χ3n) is 2.78. The molecule has 0 atom stereocenters. The van der Waals surface area contributed by atoms with Crippen molar-refractivity contribution in [2.75, 3.05) is 11.9 Å². The molecule has 1 aromatic heterocycles. The Balaban J connectivity index is 2.11. The highest BCUT2D eigenvalue weighted by atomic mass is 19.1. The van der Waals surface area contributed by atoms with Gasteiger partial charge in [0.25, 0.3) is 0 Å². The van der Waals surface area contributed by atoms with Crippen LogP contribution >= 0.6 is 0 Å². The van der Waals surface area contributed by atoms with Gasteiger partial charge in [0.15, 0.2) is 0 Å². The van der Waals surface area contributed by atoms with Gasteiger partial charge in [0.1, 0.15) is 5.82 Å². The fourth-order valence-electron chi connectivity index (χ4n) is 1.77. The number of rotatable bonds is 4. The minimum Gasteiger partial charge on any atom is -0.370 e. The molecular weight excluding hydrogens is 229 g/mol.